The van der Waals surface area contributed by atoms with Crippen LogP contribution in [0.25, 0.3) is 0 Å². The molecule has 2 unspecified atom stereocenters. The zero-order valence-corrected chi connectivity index (χ0v) is 25.8. The van der Waals surface area contributed by atoms with Crippen LogP contribution in [-0.2, 0) is 14.4 Å². The Morgan fingerprint density at radius 2 is 1.71 bits per heavy atom. The van der Waals surface area contributed by atoms with Gasteiger partial charge in [0.1, 0.15) is 12.6 Å². The number of nitrogens with one attached hydrogen (secondary N) is 1. The lowest BCUT2D eigenvalue weighted by molar-refractivity contribution is -0.171. The highest BCUT2D eigenvalue weighted by Gasteiger charge is 2.68. The second-order valence-corrected chi connectivity index (χ2v) is 15.7. The van der Waals surface area contributed by atoms with Crippen molar-refractivity contribution in [2.45, 2.75) is 106 Å². The van der Waals surface area contributed by atoms with Crippen LogP contribution >= 0.6 is 0 Å². The molecule has 42 heavy (non-hydrogen) atoms. The number of nitrogens with zero attached hydrogens (tertiary/aromatic N) is 1. The van der Waals surface area contributed by atoms with Crippen molar-refractivity contribution in [1.29, 1.82) is 5.26 Å². The van der Waals surface area contributed by atoms with Crippen molar-refractivity contribution in [3.05, 3.63) is 23.3 Å². The Bertz CT molecular complexity index is 1310. The first-order valence-electron chi connectivity index (χ1n) is 15.6. The quantitative estimate of drug-likeness (QED) is 0.375. The first-order chi connectivity index (χ1) is 19.3. The molecule has 5 aliphatic carbocycles. The van der Waals surface area contributed by atoms with E-state index in [0.717, 1.165) is 50.5 Å². The number of hydrogen-bond donors (Lipinski definition) is 1. The molecule has 230 valence electrons. The molecule has 0 aromatic rings. The summed E-state index contributed by atoms with van der Waals surface area (Å²) < 4.78 is 38.2. The summed E-state index contributed by atoms with van der Waals surface area (Å²) in [5.41, 5.74) is -0.245. The van der Waals surface area contributed by atoms with Gasteiger partial charge in [0.05, 0.1) is 5.57 Å². The van der Waals surface area contributed by atoms with Gasteiger partial charge < -0.3 is 5.32 Å². The van der Waals surface area contributed by atoms with E-state index in [0.29, 0.717) is 6.42 Å². The van der Waals surface area contributed by atoms with Gasteiger partial charge in [-0.15, -0.1) is 0 Å². The molecule has 5 aliphatic rings. The Morgan fingerprint density at radius 3 is 2.36 bits per heavy atom. The number of carbonyl (C=O) groups excluding carboxylic acids is 3. The number of allylic oxidation sites excluding steroid dienone is 4. The highest BCUT2D eigenvalue weighted by molar-refractivity contribution is 6.02. The zero-order chi connectivity index (χ0) is 31.1. The second-order valence-electron chi connectivity index (χ2n) is 15.7. The molecule has 8 heteroatoms. The van der Waals surface area contributed by atoms with Crippen molar-refractivity contribution in [3.63, 3.8) is 0 Å². The van der Waals surface area contributed by atoms with E-state index in [1.807, 2.05) is 24.4 Å². The predicted molar refractivity (Wildman–Crippen MR) is 153 cm³/mol. The average Bonchev–Trinajstić information content (AvgIpc) is 2.89. The van der Waals surface area contributed by atoms with Gasteiger partial charge in [0.25, 0.3) is 0 Å². The summed E-state index contributed by atoms with van der Waals surface area (Å²) >= 11 is 0. The minimum absolute atomic E-state index is 0.0172. The molecule has 0 heterocycles. The van der Waals surface area contributed by atoms with E-state index in [4.69, 9.17) is 0 Å². The van der Waals surface area contributed by atoms with Crippen LogP contribution in [0.3, 0.4) is 0 Å². The molecule has 3 fully saturated rings. The number of ketones is 2. The van der Waals surface area contributed by atoms with Crippen molar-refractivity contribution < 1.29 is 27.6 Å². The minimum Gasteiger partial charge on any atom is -0.347 e. The van der Waals surface area contributed by atoms with E-state index in [1.165, 1.54) is 0 Å². The largest absolute Gasteiger partial charge is 0.405 e. The molecule has 1 N–H and O–H groups in total. The molecule has 0 bridgehead atoms. The molecule has 0 spiro atoms. The number of fused-ring (bicyclic) bond motifs is 7. The van der Waals surface area contributed by atoms with Crippen LogP contribution in [0, 0.1) is 62.1 Å². The first-order valence-corrected chi connectivity index (χ1v) is 15.6. The van der Waals surface area contributed by atoms with Crippen molar-refractivity contribution >= 4 is 17.5 Å². The predicted octanol–water partition coefficient (Wildman–Crippen LogP) is 7.27. The third-order valence-corrected chi connectivity index (χ3v) is 13.0. The molecule has 0 aromatic carbocycles. The Labute approximate surface area is 247 Å². The van der Waals surface area contributed by atoms with Gasteiger partial charge >= 0.3 is 6.18 Å². The van der Waals surface area contributed by atoms with E-state index in [1.54, 1.807) is 0 Å². The molecular formula is C34H45F3N2O3. The van der Waals surface area contributed by atoms with Gasteiger partial charge in [0.2, 0.25) is 5.91 Å². The number of halogens is 3. The van der Waals surface area contributed by atoms with Crippen molar-refractivity contribution in [3.8, 4) is 6.07 Å². The molecule has 5 rings (SSSR count). The molecule has 0 aliphatic heterocycles. The molecule has 1 amide bonds. The smallest absolute Gasteiger partial charge is 0.347 e. The molecular weight excluding hydrogens is 541 g/mol. The summed E-state index contributed by atoms with van der Waals surface area (Å²) in [5, 5.41) is 11.8. The van der Waals surface area contributed by atoms with Crippen LogP contribution < -0.4 is 5.32 Å². The maximum atomic E-state index is 14.5. The van der Waals surface area contributed by atoms with Gasteiger partial charge in [-0.2, -0.15) is 18.4 Å². The SMILES string of the molecule is C[C@@H]1C(=O)C(C#N)=C[C@]2(C)C3=CC(=O)C4C5CC(C)(C)CC[C@]5(CCC(=O)NCC(F)(F)F)CC[C@@]4(C)[C@]3(C)CC[C@@H]12. The topological polar surface area (TPSA) is 87.0 Å². The van der Waals surface area contributed by atoms with E-state index in [9.17, 15) is 32.8 Å². The number of hydrogen-bond acceptors (Lipinski definition) is 4. The van der Waals surface area contributed by atoms with E-state index in [2.05, 4.69) is 40.7 Å². The van der Waals surface area contributed by atoms with Gasteiger partial charge in [-0.25, -0.2) is 0 Å². The number of Topliss-reactive ketones (excluding diaryl/α,β-unsaturated/α-hetero) is 1. The second kappa shape index (κ2) is 9.79. The summed E-state index contributed by atoms with van der Waals surface area (Å²) in [6.45, 7) is 11.7. The first kappa shape index (κ1) is 31.0. The molecule has 8 atom stereocenters. The van der Waals surface area contributed by atoms with Crippen molar-refractivity contribution in [2.24, 2.45) is 50.7 Å². The molecule has 0 aromatic heterocycles. The third-order valence-electron chi connectivity index (χ3n) is 13.0. The Hall–Kier alpha value is -2.43. The van der Waals surface area contributed by atoms with Gasteiger partial charge in [-0.05, 0) is 90.9 Å². The lowest BCUT2D eigenvalue weighted by Crippen LogP contribution is -2.64. The van der Waals surface area contributed by atoms with Crippen LogP contribution in [0.5, 0.6) is 0 Å². The average molecular weight is 587 g/mol. The Morgan fingerprint density at radius 1 is 1.05 bits per heavy atom. The van der Waals surface area contributed by atoms with Gasteiger partial charge in [-0.3, -0.25) is 14.4 Å². The van der Waals surface area contributed by atoms with Crippen LogP contribution in [0.2, 0.25) is 0 Å². The fraction of sp³-hybridized carbons (Fsp3) is 0.765. The number of nitriles is 1. The zero-order valence-electron chi connectivity index (χ0n) is 25.8. The monoisotopic (exact) mass is 586 g/mol. The summed E-state index contributed by atoms with van der Waals surface area (Å²) in [7, 11) is 0. The fourth-order valence-electron chi connectivity index (χ4n) is 10.4. The maximum Gasteiger partial charge on any atom is 0.405 e. The van der Waals surface area contributed by atoms with Gasteiger partial charge in [-0.1, -0.05) is 53.2 Å². The van der Waals surface area contributed by atoms with Crippen LogP contribution in [0.1, 0.15) is 99.3 Å². The number of alkyl halides is 3. The lowest BCUT2D eigenvalue weighted by atomic mass is 9.34. The standard InChI is InChI=1S/C34H45F3N2O3/c1-20-22-7-9-31(5)25(30(22,4)16-21(18-38)28(20)42)15-24(40)27-23-17-29(2,3)11-13-33(23,14-12-32(27,31)6)10-8-26(41)39-19-34(35,36)37/h15-16,20,22-23,27H,7-14,17,19H2,1-6H3,(H,39,41)/t20-,22-,23?,27?,30-,31+,32+,33+/m0/s1. The summed E-state index contributed by atoms with van der Waals surface area (Å²) in [5.74, 6) is -1.09. The van der Waals surface area contributed by atoms with E-state index in [-0.39, 0.29) is 68.9 Å². The summed E-state index contributed by atoms with van der Waals surface area (Å²) in [6.07, 6.45) is 5.74. The highest BCUT2D eigenvalue weighted by atomic mass is 19.4. The van der Waals surface area contributed by atoms with Crippen molar-refractivity contribution in [1.82, 2.24) is 5.32 Å². The summed E-state index contributed by atoms with van der Waals surface area (Å²) in [6, 6.07) is 2.12. The molecule has 5 nitrogen and oxygen atoms in total. The molecule has 0 saturated heterocycles. The third kappa shape index (κ3) is 4.59. The van der Waals surface area contributed by atoms with E-state index < -0.39 is 24.0 Å². The van der Waals surface area contributed by atoms with Crippen LogP contribution in [-0.4, -0.2) is 30.2 Å². The fourth-order valence-corrected chi connectivity index (χ4v) is 10.4. The van der Waals surface area contributed by atoms with Gasteiger partial charge in [0, 0.05) is 23.7 Å². The normalized spacial score (nSPS) is 42.6. The van der Waals surface area contributed by atoms with Gasteiger partial charge in [0.15, 0.2) is 11.6 Å². The highest BCUT2D eigenvalue weighted by Crippen LogP contribution is 2.74. The summed E-state index contributed by atoms with van der Waals surface area (Å²) in [4.78, 5) is 39.9. The Kier molecular flexibility index (Phi) is 7.23. The Balaban J connectivity index is 1.54. The van der Waals surface area contributed by atoms with E-state index >= 15 is 0 Å². The maximum absolute atomic E-state index is 14.5. The lowest BCUT2D eigenvalue weighted by Gasteiger charge is -2.69. The van der Waals surface area contributed by atoms with Crippen molar-refractivity contribution in [2.75, 3.05) is 6.54 Å². The number of rotatable bonds is 4. The molecule has 3 saturated carbocycles. The number of amides is 1. The molecule has 0 radical (unpaired) electrons. The number of carbonyl (C=O) groups is 3. The minimum atomic E-state index is -4.45. The van der Waals surface area contributed by atoms with Crippen LogP contribution in [0.4, 0.5) is 13.2 Å². The van der Waals surface area contributed by atoms with Crippen LogP contribution in [0.15, 0.2) is 23.3 Å².